The van der Waals surface area contributed by atoms with Crippen LogP contribution in [0.2, 0.25) is 0 Å². The van der Waals surface area contributed by atoms with E-state index in [1.54, 1.807) is 0 Å². The molecule has 3 fully saturated rings. The van der Waals surface area contributed by atoms with Crippen LogP contribution in [0.3, 0.4) is 0 Å². The normalized spacial score (nSPS) is 26.8. The van der Waals surface area contributed by atoms with Gasteiger partial charge < -0.3 is 19.7 Å². The van der Waals surface area contributed by atoms with Gasteiger partial charge >= 0.3 is 0 Å². The van der Waals surface area contributed by atoms with E-state index in [0.717, 1.165) is 43.4 Å². The maximum Gasteiger partial charge on any atom is 0.142 e. The molecule has 1 aromatic carbocycles. The van der Waals surface area contributed by atoms with Crippen molar-refractivity contribution < 1.29 is 9.47 Å². The summed E-state index contributed by atoms with van der Waals surface area (Å²) < 4.78 is 11.8. The monoisotopic (exact) mass is 330 g/mol. The Morgan fingerprint density at radius 1 is 1.08 bits per heavy atom. The van der Waals surface area contributed by atoms with Crippen molar-refractivity contribution in [2.75, 3.05) is 38.1 Å². The highest BCUT2D eigenvalue weighted by molar-refractivity contribution is 5.46. The van der Waals surface area contributed by atoms with Crippen molar-refractivity contribution in [1.82, 2.24) is 10.2 Å². The van der Waals surface area contributed by atoms with Gasteiger partial charge in [-0.15, -0.1) is 0 Å². The molecule has 1 N–H and O–H groups in total. The molecule has 5 heteroatoms. The topological polar surface area (TPSA) is 47.8 Å². The second-order valence-corrected chi connectivity index (χ2v) is 7.10. The van der Waals surface area contributed by atoms with Crippen LogP contribution in [0.5, 0.6) is 5.75 Å². The highest BCUT2D eigenvalue weighted by Gasteiger charge is 2.29. The van der Waals surface area contributed by atoms with Gasteiger partial charge in [-0.25, -0.2) is 5.32 Å². The Bertz CT molecular complexity index is 504. The molecule has 5 nitrogen and oxygen atoms in total. The molecule has 0 aromatic heterocycles. The molecule has 4 rings (SSSR count). The van der Waals surface area contributed by atoms with E-state index in [9.17, 15) is 0 Å². The van der Waals surface area contributed by atoms with Crippen LogP contribution in [0.15, 0.2) is 24.3 Å². The third kappa shape index (κ3) is 4.02. The Hall–Kier alpha value is -1.30. The Balaban J connectivity index is 1.23. The third-order valence-corrected chi connectivity index (χ3v) is 5.42. The molecular formula is C19H28N3O2. The van der Waals surface area contributed by atoms with Crippen molar-refractivity contribution in [3.8, 4) is 5.75 Å². The van der Waals surface area contributed by atoms with E-state index in [-0.39, 0.29) is 6.23 Å². The Morgan fingerprint density at radius 2 is 1.88 bits per heavy atom. The fourth-order valence-corrected chi connectivity index (χ4v) is 3.73. The van der Waals surface area contributed by atoms with Gasteiger partial charge in [-0.05, 0) is 49.9 Å². The summed E-state index contributed by atoms with van der Waals surface area (Å²) in [5.41, 5.74) is 1.06. The largest absolute Gasteiger partial charge is 0.490 e. The predicted molar refractivity (Wildman–Crippen MR) is 94.5 cm³/mol. The van der Waals surface area contributed by atoms with Gasteiger partial charge in [-0.1, -0.05) is 6.42 Å². The van der Waals surface area contributed by atoms with Crippen molar-refractivity contribution in [2.45, 2.75) is 50.5 Å². The van der Waals surface area contributed by atoms with Gasteiger partial charge in [0.1, 0.15) is 18.1 Å². The Kier molecular flexibility index (Phi) is 5.21. The number of likely N-dealkylation sites (tertiary alicyclic amines) is 1. The van der Waals surface area contributed by atoms with Crippen LogP contribution >= 0.6 is 0 Å². The maximum atomic E-state index is 6.18. The molecule has 1 aromatic rings. The molecule has 0 amide bonds. The molecule has 2 saturated heterocycles. The molecule has 2 heterocycles. The molecule has 1 aliphatic carbocycles. The van der Waals surface area contributed by atoms with Gasteiger partial charge in [0.05, 0.1) is 13.2 Å². The van der Waals surface area contributed by atoms with E-state index < -0.39 is 0 Å². The van der Waals surface area contributed by atoms with Crippen molar-refractivity contribution >= 4 is 5.69 Å². The average molecular weight is 330 g/mol. The van der Waals surface area contributed by atoms with E-state index in [2.05, 4.69) is 39.8 Å². The van der Waals surface area contributed by atoms with Crippen LogP contribution in [0.25, 0.3) is 0 Å². The molecule has 0 bridgehead atoms. The molecule has 1 atom stereocenters. The summed E-state index contributed by atoms with van der Waals surface area (Å²) in [5, 5.41) is 7.73. The Labute approximate surface area is 144 Å². The molecule has 1 saturated carbocycles. The third-order valence-electron chi connectivity index (χ3n) is 5.42. The first kappa shape index (κ1) is 16.2. The predicted octanol–water partition coefficient (Wildman–Crippen LogP) is 2.45. The minimum Gasteiger partial charge on any atom is -0.490 e. The van der Waals surface area contributed by atoms with E-state index in [1.165, 1.54) is 32.4 Å². The summed E-state index contributed by atoms with van der Waals surface area (Å²) in [5.74, 6) is 0.969. The molecule has 2 aliphatic heterocycles. The average Bonchev–Trinajstić information content (AvgIpc) is 2.58. The fraction of sp³-hybridized carbons (Fsp3) is 0.684. The summed E-state index contributed by atoms with van der Waals surface area (Å²) in [4.78, 5) is 2.66. The fourth-order valence-electron chi connectivity index (χ4n) is 3.73. The lowest BCUT2D eigenvalue weighted by molar-refractivity contribution is 0.0451. The number of ether oxygens (including phenoxy) is 2. The zero-order valence-corrected chi connectivity index (χ0v) is 14.3. The maximum absolute atomic E-state index is 6.18. The SMILES string of the molecule is c1cc(OC2CCN(C3CCC3)CC2)ccc1NC1C[N]CCO1. The standard InChI is InChI=1S/C19H28N3O2/c1-2-16(3-1)22-11-8-18(9-12-22)24-17-6-4-15(5-7-17)21-19-14-20-10-13-23-19/h4-7,16,18-19,21H,1-3,8-14H2. The number of anilines is 1. The van der Waals surface area contributed by atoms with Gasteiger partial charge in [0.25, 0.3) is 0 Å². The minimum atomic E-state index is 0.00125. The van der Waals surface area contributed by atoms with Crippen molar-refractivity contribution in [2.24, 2.45) is 0 Å². The highest BCUT2D eigenvalue weighted by Crippen LogP contribution is 2.28. The summed E-state index contributed by atoms with van der Waals surface area (Å²) in [6.45, 7) is 4.62. The molecule has 1 unspecified atom stereocenters. The molecule has 24 heavy (non-hydrogen) atoms. The zero-order valence-electron chi connectivity index (χ0n) is 14.3. The second-order valence-electron chi connectivity index (χ2n) is 7.10. The summed E-state index contributed by atoms with van der Waals surface area (Å²) >= 11 is 0. The number of morpholine rings is 1. The molecule has 0 spiro atoms. The second kappa shape index (κ2) is 7.72. The summed E-state index contributed by atoms with van der Waals surface area (Å²) in [6, 6.07) is 9.11. The van der Waals surface area contributed by atoms with E-state index in [4.69, 9.17) is 9.47 Å². The molecule has 131 valence electrons. The van der Waals surface area contributed by atoms with Crippen LogP contribution in [-0.4, -0.2) is 56.1 Å². The summed E-state index contributed by atoms with van der Waals surface area (Å²) in [7, 11) is 0. The number of hydrogen-bond acceptors (Lipinski definition) is 4. The van der Waals surface area contributed by atoms with Gasteiger partial charge in [-0.3, -0.25) is 0 Å². The van der Waals surface area contributed by atoms with Gasteiger partial charge in [-0.2, -0.15) is 0 Å². The lowest BCUT2D eigenvalue weighted by Gasteiger charge is -2.41. The zero-order chi connectivity index (χ0) is 16.2. The number of nitrogens with zero attached hydrogens (tertiary/aromatic N) is 2. The van der Waals surface area contributed by atoms with Gasteiger partial charge in [0, 0.05) is 31.4 Å². The van der Waals surface area contributed by atoms with E-state index >= 15 is 0 Å². The van der Waals surface area contributed by atoms with Crippen LogP contribution in [-0.2, 0) is 4.74 Å². The van der Waals surface area contributed by atoms with Crippen molar-refractivity contribution in [1.29, 1.82) is 0 Å². The summed E-state index contributed by atoms with van der Waals surface area (Å²) in [6.07, 6.45) is 6.88. The number of nitrogens with one attached hydrogen (secondary N) is 1. The van der Waals surface area contributed by atoms with Crippen molar-refractivity contribution in [3.63, 3.8) is 0 Å². The van der Waals surface area contributed by atoms with Crippen LogP contribution in [0, 0.1) is 0 Å². The Morgan fingerprint density at radius 3 is 2.50 bits per heavy atom. The molecule has 3 aliphatic rings. The highest BCUT2D eigenvalue weighted by atomic mass is 16.5. The van der Waals surface area contributed by atoms with E-state index in [0.29, 0.717) is 12.7 Å². The van der Waals surface area contributed by atoms with Crippen LogP contribution in [0.1, 0.15) is 32.1 Å². The van der Waals surface area contributed by atoms with Gasteiger partial charge in [0.15, 0.2) is 0 Å². The number of rotatable bonds is 5. The van der Waals surface area contributed by atoms with Gasteiger partial charge in [0.2, 0.25) is 0 Å². The first-order chi connectivity index (χ1) is 11.9. The van der Waals surface area contributed by atoms with Crippen molar-refractivity contribution in [3.05, 3.63) is 24.3 Å². The lowest BCUT2D eigenvalue weighted by atomic mass is 9.90. The quantitative estimate of drug-likeness (QED) is 0.901. The van der Waals surface area contributed by atoms with E-state index in [1.807, 2.05) is 0 Å². The number of piperidine rings is 1. The molecular weight excluding hydrogens is 302 g/mol. The first-order valence-corrected chi connectivity index (χ1v) is 9.39. The lowest BCUT2D eigenvalue weighted by Crippen LogP contribution is -2.46. The number of benzene rings is 1. The van der Waals surface area contributed by atoms with Crippen LogP contribution < -0.4 is 15.4 Å². The first-order valence-electron chi connectivity index (χ1n) is 9.39. The smallest absolute Gasteiger partial charge is 0.142 e. The number of hydrogen-bond donors (Lipinski definition) is 1. The van der Waals surface area contributed by atoms with Crippen LogP contribution in [0.4, 0.5) is 5.69 Å². The minimum absolute atomic E-state index is 0.00125. The molecule has 1 radical (unpaired) electrons.